The molecule has 0 radical (unpaired) electrons. The Morgan fingerprint density at radius 1 is 1.20 bits per heavy atom. The predicted octanol–water partition coefficient (Wildman–Crippen LogP) is 0.386. The van der Waals surface area contributed by atoms with Gasteiger partial charge in [-0.05, 0) is 33.4 Å². The van der Waals surface area contributed by atoms with Crippen LogP contribution in [-0.4, -0.2) is 84.7 Å². The minimum absolute atomic E-state index is 0.241. The molecule has 0 aliphatic carbocycles. The summed E-state index contributed by atoms with van der Waals surface area (Å²) in [7, 11) is 4.08. The summed E-state index contributed by atoms with van der Waals surface area (Å²) < 4.78 is 0. The van der Waals surface area contributed by atoms with Gasteiger partial charge in [-0.2, -0.15) is 0 Å². The van der Waals surface area contributed by atoms with Crippen LogP contribution in [0.5, 0.6) is 0 Å². The summed E-state index contributed by atoms with van der Waals surface area (Å²) in [5, 5.41) is 9.87. The van der Waals surface area contributed by atoms with E-state index in [1.54, 1.807) is 0 Å². The monoisotopic (exact) mass is 283 g/mol. The Hall–Kier alpha value is -0.650. The Labute approximate surface area is 122 Å². The summed E-state index contributed by atoms with van der Waals surface area (Å²) in [5.41, 5.74) is 0. The van der Waals surface area contributed by atoms with Crippen molar-refractivity contribution in [1.82, 2.24) is 14.7 Å². The highest BCUT2D eigenvalue weighted by molar-refractivity contribution is 5.78. The Morgan fingerprint density at radius 2 is 1.85 bits per heavy atom. The fourth-order valence-corrected chi connectivity index (χ4v) is 3.36. The lowest BCUT2D eigenvalue weighted by Gasteiger charge is -2.29. The SMILES string of the molecule is CN(C)CC1CC(O)CN1CC(=O)N1CCCCCC1. The van der Waals surface area contributed by atoms with Gasteiger partial charge >= 0.3 is 0 Å². The molecule has 2 aliphatic heterocycles. The first-order valence-electron chi connectivity index (χ1n) is 7.91. The molecule has 20 heavy (non-hydrogen) atoms. The molecule has 1 amide bonds. The zero-order valence-electron chi connectivity index (χ0n) is 12.9. The van der Waals surface area contributed by atoms with Gasteiger partial charge < -0.3 is 14.9 Å². The van der Waals surface area contributed by atoms with E-state index in [1.165, 1.54) is 12.8 Å². The third-order valence-corrected chi connectivity index (χ3v) is 4.38. The van der Waals surface area contributed by atoms with Gasteiger partial charge in [0.1, 0.15) is 0 Å². The van der Waals surface area contributed by atoms with Crippen molar-refractivity contribution in [1.29, 1.82) is 0 Å². The lowest BCUT2D eigenvalue weighted by molar-refractivity contribution is -0.132. The fourth-order valence-electron chi connectivity index (χ4n) is 3.36. The summed E-state index contributed by atoms with van der Waals surface area (Å²) in [6, 6.07) is 0.302. The number of likely N-dealkylation sites (N-methyl/N-ethyl adjacent to an activating group) is 1. The number of carbonyl (C=O) groups excluding carboxylic acids is 1. The van der Waals surface area contributed by atoms with E-state index >= 15 is 0 Å². The number of aliphatic hydroxyl groups is 1. The molecule has 116 valence electrons. The van der Waals surface area contributed by atoms with Crippen LogP contribution in [0.4, 0.5) is 0 Å². The lowest BCUT2D eigenvalue weighted by atomic mass is 10.2. The molecule has 2 unspecified atom stereocenters. The van der Waals surface area contributed by atoms with E-state index in [2.05, 4.69) is 9.80 Å². The Balaban J connectivity index is 1.87. The average Bonchev–Trinajstić information content (AvgIpc) is 2.60. The largest absolute Gasteiger partial charge is 0.392 e. The normalized spacial score (nSPS) is 28.9. The van der Waals surface area contributed by atoms with Crippen LogP contribution >= 0.6 is 0 Å². The van der Waals surface area contributed by atoms with Crippen LogP contribution in [0.15, 0.2) is 0 Å². The number of β-amino-alcohol motifs (C(OH)–C–C–N with tert-alkyl or cyclic N) is 1. The molecule has 5 nitrogen and oxygen atoms in total. The third kappa shape index (κ3) is 4.43. The molecule has 0 aromatic heterocycles. The van der Waals surface area contributed by atoms with Crippen molar-refractivity contribution in [2.45, 2.75) is 44.2 Å². The number of nitrogens with zero attached hydrogens (tertiary/aromatic N) is 3. The molecular weight excluding hydrogens is 254 g/mol. The summed E-state index contributed by atoms with van der Waals surface area (Å²) in [6.07, 6.45) is 5.26. The molecule has 0 spiro atoms. The minimum atomic E-state index is -0.281. The van der Waals surface area contributed by atoms with Crippen molar-refractivity contribution in [3.63, 3.8) is 0 Å². The van der Waals surface area contributed by atoms with E-state index in [0.29, 0.717) is 19.1 Å². The second-order valence-electron chi connectivity index (χ2n) is 6.53. The zero-order chi connectivity index (χ0) is 14.5. The minimum Gasteiger partial charge on any atom is -0.392 e. The van der Waals surface area contributed by atoms with Gasteiger partial charge in [0.15, 0.2) is 0 Å². The number of aliphatic hydroxyl groups excluding tert-OH is 1. The van der Waals surface area contributed by atoms with Gasteiger partial charge in [0.2, 0.25) is 5.91 Å². The number of rotatable bonds is 4. The Morgan fingerprint density at radius 3 is 2.45 bits per heavy atom. The molecule has 1 N–H and O–H groups in total. The van der Waals surface area contributed by atoms with Gasteiger partial charge in [0, 0.05) is 32.2 Å². The molecule has 2 atom stereocenters. The molecule has 2 aliphatic rings. The number of hydrogen-bond donors (Lipinski definition) is 1. The van der Waals surface area contributed by atoms with E-state index in [0.717, 1.165) is 38.9 Å². The molecule has 0 aromatic carbocycles. The molecule has 5 heteroatoms. The van der Waals surface area contributed by atoms with Crippen LogP contribution in [0, 0.1) is 0 Å². The lowest BCUT2D eigenvalue weighted by Crippen LogP contribution is -2.45. The average molecular weight is 283 g/mol. The molecule has 2 heterocycles. The summed E-state index contributed by atoms with van der Waals surface area (Å²) in [4.78, 5) is 18.7. The van der Waals surface area contributed by atoms with Gasteiger partial charge in [-0.25, -0.2) is 0 Å². The molecule has 0 bridgehead atoms. The van der Waals surface area contributed by atoms with Crippen LogP contribution in [-0.2, 0) is 4.79 Å². The molecule has 0 aromatic rings. The summed E-state index contributed by atoms with van der Waals surface area (Å²) >= 11 is 0. The zero-order valence-corrected chi connectivity index (χ0v) is 12.9. The van der Waals surface area contributed by atoms with Crippen molar-refractivity contribution in [3.8, 4) is 0 Å². The molecule has 2 fully saturated rings. The number of carbonyl (C=O) groups is 1. The molecular formula is C15H29N3O2. The summed E-state index contributed by atoms with van der Waals surface area (Å²) in [6.45, 7) is 3.83. The first kappa shape index (κ1) is 15.7. The molecule has 2 rings (SSSR count). The van der Waals surface area contributed by atoms with Crippen molar-refractivity contribution in [2.75, 3.05) is 46.8 Å². The number of hydrogen-bond acceptors (Lipinski definition) is 4. The van der Waals surface area contributed by atoms with Crippen molar-refractivity contribution in [2.24, 2.45) is 0 Å². The first-order chi connectivity index (χ1) is 9.56. The Kier molecular flexibility index (Phi) is 5.81. The van der Waals surface area contributed by atoms with Crippen molar-refractivity contribution < 1.29 is 9.90 Å². The van der Waals surface area contributed by atoms with Crippen molar-refractivity contribution >= 4 is 5.91 Å². The number of amides is 1. The van der Waals surface area contributed by atoms with Gasteiger partial charge in [0.05, 0.1) is 12.6 Å². The molecule has 0 saturated carbocycles. The smallest absolute Gasteiger partial charge is 0.236 e. The maximum absolute atomic E-state index is 12.4. The fraction of sp³-hybridized carbons (Fsp3) is 0.933. The van der Waals surface area contributed by atoms with Gasteiger partial charge in [-0.15, -0.1) is 0 Å². The predicted molar refractivity (Wildman–Crippen MR) is 79.6 cm³/mol. The third-order valence-electron chi connectivity index (χ3n) is 4.38. The van der Waals surface area contributed by atoms with E-state index in [1.807, 2.05) is 19.0 Å². The van der Waals surface area contributed by atoms with Crippen molar-refractivity contribution in [3.05, 3.63) is 0 Å². The second-order valence-corrected chi connectivity index (χ2v) is 6.53. The van der Waals surface area contributed by atoms with E-state index in [-0.39, 0.29) is 12.0 Å². The van der Waals surface area contributed by atoms with E-state index < -0.39 is 0 Å². The van der Waals surface area contributed by atoms with Crippen LogP contribution in [0.25, 0.3) is 0 Å². The Bertz CT molecular complexity index is 314. The maximum atomic E-state index is 12.4. The standard InChI is InChI=1S/C15H29N3O2/c1-16(2)10-13-9-14(19)11-18(13)12-15(20)17-7-5-3-4-6-8-17/h13-14,19H,3-12H2,1-2H3. The van der Waals surface area contributed by atoms with Gasteiger partial charge in [-0.1, -0.05) is 12.8 Å². The number of likely N-dealkylation sites (tertiary alicyclic amines) is 2. The highest BCUT2D eigenvalue weighted by Crippen LogP contribution is 2.19. The van der Waals surface area contributed by atoms with Gasteiger partial charge in [-0.3, -0.25) is 9.69 Å². The van der Waals surface area contributed by atoms with Crippen LogP contribution in [0.2, 0.25) is 0 Å². The maximum Gasteiger partial charge on any atom is 0.236 e. The van der Waals surface area contributed by atoms with Gasteiger partial charge in [0.25, 0.3) is 0 Å². The van der Waals surface area contributed by atoms with Crippen LogP contribution < -0.4 is 0 Å². The second kappa shape index (κ2) is 7.38. The topological polar surface area (TPSA) is 47.0 Å². The van der Waals surface area contributed by atoms with Crippen LogP contribution in [0.3, 0.4) is 0 Å². The van der Waals surface area contributed by atoms with E-state index in [4.69, 9.17) is 0 Å². The first-order valence-corrected chi connectivity index (χ1v) is 7.91. The quantitative estimate of drug-likeness (QED) is 0.810. The molecule has 2 saturated heterocycles. The highest BCUT2D eigenvalue weighted by atomic mass is 16.3. The van der Waals surface area contributed by atoms with E-state index in [9.17, 15) is 9.90 Å². The highest BCUT2D eigenvalue weighted by Gasteiger charge is 2.33. The summed E-state index contributed by atoms with van der Waals surface area (Å²) in [5.74, 6) is 0.241. The van der Waals surface area contributed by atoms with Crippen LogP contribution in [0.1, 0.15) is 32.1 Å².